The van der Waals surface area contributed by atoms with E-state index in [4.69, 9.17) is 24.3 Å². The van der Waals surface area contributed by atoms with Crippen molar-refractivity contribution in [1.82, 2.24) is 0 Å². The number of rotatable bonds is 38. The quantitative estimate of drug-likeness (QED) is 0.0180. The van der Waals surface area contributed by atoms with Crippen LogP contribution in [0.25, 0.3) is 0 Å². The van der Waals surface area contributed by atoms with E-state index in [1.807, 2.05) is 24.3 Å². The molecule has 0 radical (unpaired) electrons. The van der Waals surface area contributed by atoms with Gasteiger partial charge in [0.05, 0.1) is 19.3 Å². The summed E-state index contributed by atoms with van der Waals surface area (Å²) < 4.78 is 32.5. The van der Waals surface area contributed by atoms with Crippen molar-refractivity contribution >= 4 is 19.8 Å². The van der Waals surface area contributed by atoms with Crippen LogP contribution in [-0.2, 0) is 32.7 Å². The van der Waals surface area contributed by atoms with Crippen molar-refractivity contribution in [3.05, 3.63) is 134 Å². The lowest BCUT2D eigenvalue weighted by Crippen LogP contribution is -2.29. The first-order valence-corrected chi connectivity index (χ1v) is 23.3. The Morgan fingerprint density at radius 1 is 0.600 bits per heavy atom. The number of ether oxygens (including phenoxy) is 2. The summed E-state index contributed by atoms with van der Waals surface area (Å²) in [5, 5.41) is 10.3. The third-order valence-electron chi connectivity index (χ3n) is 8.15. The summed E-state index contributed by atoms with van der Waals surface area (Å²) >= 11 is 0. The van der Waals surface area contributed by atoms with Crippen LogP contribution in [0, 0.1) is 0 Å². The normalized spacial score (nSPS) is 15.1. The van der Waals surface area contributed by atoms with Gasteiger partial charge in [0.2, 0.25) is 0 Å². The van der Waals surface area contributed by atoms with Gasteiger partial charge in [-0.3, -0.25) is 18.6 Å². The molecule has 0 aliphatic carbocycles. The van der Waals surface area contributed by atoms with Gasteiger partial charge < -0.3 is 25.2 Å². The number of hydrogen-bond donors (Lipinski definition) is 3. The highest BCUT2D eigenvalue weighted by Gasteiger charge is 2.26. The van der Waals surface area contributed by atoms with Gasteiger partial charge in [-0.15, -0.1) is 0 Å². The summed E-state index contributed by atoms with van der Waals surface area (Å²) in [6.45, 7) is 3.19. The maximum Gasteiger partial charge on any atom is 0.472 e. The van der Waals surface area contributed by atoms with Gasteiger partial charge in [-0.25, -0.2) is 4.57 Å². The second-order valence-electron chi connectivity index (χ2n) is 13.7. The van der Waals surface area contributed by atoms with E-state index in [0.29, 0.717) is 6.42 Å². The number of aliphatic hydroxyl groups excluding tert-OH is 1. The van der Waals surface area contributed by atoms with Crippen LogP contribution < -0.4 is 5.73 Å². The van der Waals surface area contributed by atoms with Gasteiger partial charge in [0, 0.05) is 19.4 Å². The van der Waals surface area contributed by atoms with Gasteiger partial charge in [-0.05, 0) is 83.5 Å². The largest absolute Gasteiger partial charge is 0.472 e. The zero-order chi connectivity index (χ0) is 44.0. The summed E-state index contributed by atoms with van der Waals surface area (Å²) in [5.74, 6) is -1.22. The minimum absolute atomic E-state index is 0.00320. The molecule has 0 saturated heterocycles. The molecule has 0 amide bonds. The molecule has 0 heterocycles. The number of esters is 2. The zero-order valence-corrected chi connectivity index (χ0v) is 37.4. The van der Waals surface area contributed by atoms with E-state index in [1.54, 1.807) is 12.2 Å². The predicted molar refractivity (Wildman–Crippen MR) is 248 cm³/mol. The maximum absolute atomic E-state index is 12.6. The molecule has 0 spiro atoms. The number of carbonyl (C=O) groups excluding carboxylic acids is 2. The Morgan fingerprint density at radius 3 is 1.62 bits per heavy atom. The van der Waals surface area contributed by atoms with Crippen LogP contribution in [0.15, 0.2) is 134 Å². The van der Waals surface area contributed by atoms with E-state index < -0.39 is 45.2 Å². The Morgan fingerprint density at radius 2 is 1.10 bits per heavy atom. The second kappa shape index (κ2) is 43.2. The lowest BCUT2D eigenvalue weighted by molar-refractivity contribution is -0.161. The first-order valence-electron chi connectivity index (χ1n) is 21.8. The number of phosphoric ester groups is 1. The lowest BCUT2D eigenvalue weighted by atomic mass is 10.2. The Kier molecular flexibility index (Phi) is 40.4. The number of phosphoric acid groups is 1. The molecule has 336 valence electrons. The molecule has 0 aliphatic rings. The molecule has 11 heteroatoms. The fraction of sp³-hybridized carbons (Fsp3) is 0.510. The molecule has 0 aromatic carbocycles. The molecule has 2 unspecified atom stereocenters. The fourth-order valence-electron chi connectivity index (χ4n) is 4.90. The van der Waals surface area contributed by atoms with E-state index in [-0.39, 0.29) is 32.4 Å². The van der Waals surface area contributed by atoms with Crippen LogP contribution >= 0.6 is 7.82 Å². The molecule has 0 saturated carbocycles. The Balaban J connectivity index is 4.54. The Hall–Kier alpha value is -3.89. The average molecular weight is 854 g/mol. The topological polar surface area (TPSA) is 155 Å². The van der Waals surface area contributed by atoms with Crippen LogP contribution in [0.3, 0.4) is 0 Å². The maximum atomic E-state index is 12.6. The fourth-order valence-corrected chi connectivity index (χ4v) is 5.67. The average Bonchev–Trinajstić information content (AvgIpc) is 3.23. The van der Waals surface area contributed by atoms with E-state index in [9.17, 15) is 24.2 Å². The number of nitrogens with two attached hydrogens (primary N) is 1. The predicted octanol–water partition coefficient (Wildman–Crippen LogP) is 11.7. The van der Waals surface area contributed by atoms with E-state index >= 15 is 0 Å². The molecule has 0 rings (SSSR count). The van der Waals surface area contributed by atoms with Gasteiger partial charge in [-0.2, -0.15) is 0 Å². The highest BCUT2D eigenvalue weighted by atomic mass is 31.2. The molecule has 0 fully saturated rings. The SMILES string of the molecule is CC/C=C\C/C=C\C/C=C\C/C=C\C/C=C\C=C/C(O)CCC(=O)OC[C@H](COP(=O)(O)OCCN)OC(=O)CC/C=C\C/C=C\C/C=C\C/C=C\C/C=C\CCCCC. The first-order chi connectivity index (χ1) is 29.2. The third kappa shape index (κ3) is 42.2. The summed E-state index contributed by atoms with van der Waals surface area (Å²) in [5.41, 5.74) is 5.33. The summed E-state index contributed by atoms with van der Waals surface area (Å²) in [4.78, 5) is 34.9. The Bertz CT molecular complexity index is 1450. The highest BCUT2D eigenvalue weighted by Crippen LogP contribution is 2.43. The third-order valence-corrected chi connectivity index (χ3v) is 9.14. The summed E-state index contributed by atoms with van der Waals surface area (Å²) in [6.07, 6.45) is 56.9. The van der Waals surface area contributed by atoms with E-state index in [0.717, 1.165) is 57.8 Å². The number of carbonyl (C=O) groups is 2. The molecular formula is C49H76NO9P. The number of hydrogen-bond acceptors (Lipinski definition) is 9. The van der Waals surface area contributed by atoms with Crippen LogP contribution in [0.4, 0.5) is 0 Å². The lowest BCUT2D eigenvalue weighted by Gasteiger charge is -2.19. The van der Waals surface area contributed by atoms with E-state index in [1.165, 1.54) is 25.7 Å². The molecular weight excluding hydrogens is 778 g/mol. The van der Waals surface area contributed by atoms with Gasteiger partial charge >= 0.3 is 19.8 Å². The molecule has 4 N–H and O–H groups in total. The smallest absolute Gasteiger partial charge is 0.462 e. The number of allylic oxidation sites excluding steroid dienone is 21. The number of aliphatic hydroxyl groups is 1. The monoisotopic (exact) mass is 854 g/mol. The van der Waals surface area contributed by atoms with Crippen LogP contribution in [-0.4, -0.2) is 60.5 Å². The minimum atomic E-state index is -4.46. The molecule has 0 aromatic heterocycles. The van der Waals surface area contributed by atoms with Gasteiger partial charge in [0.25, 0.3) is 0 Å². The molecule has 3 atom stereocenters. The molecule has 60 heavy (non-hydrogen) atoms. The van der Waals surface area contributed by atoms with Crippen molar-refractivity contribution in [1.29, 1.82) is 0 Å². The van der Waals surface area contributed by atoms with Crippen LogP contribution in [0.5, 0.6) is 0 Å². The molecule has 0 bridgehead atoms. The zero-order valence-electron chi connectivity index (χ0n) is 36.5. The molecule has 0 aromatic rings. The minimum Gasteiger partial charge on any atom is -0.462 e. The first kappa shape index (κ1) is 56.1. The van der Waals surface area contributed by atoms with Crippen molar-refractivity contribution in [2.45, 2.75) is 135 Å². The van der Waals surface area contributed by atoms with Crippen molar-refractivity contribution in [3.63, 3.8) is 0 Å². The van der Waals surface area contributed by atoms with Crippen LogP contribution in [0.1, 0.15) is 123 Å². The van der Waals surface area contributed by atoms with Gasteiger partial charge in [0.15, 0.2) is 6.10 Å². The van der Waals surface area contributed by atoms with Crippen molar-refractivity contribution in [3.8, 4) is 0 Å². The standard InChI is InChI=1S/C49H76NO9P/c1-3-5-7-9-11-13-15-17-19-21-22-23-25-27-29-31-33-35-37-39-49(53)59-47(45-58-60(54,55)57-43-42-50)44-56-48(52)41-40-46(51)38-36-34-32-30-28-26-24-20-18-16-14-12-10-8-6-4-2/h6,8,11-14,17-20,22-23,26-29,32-36,38,46-47,51H,3-5,7,9-10,15-16,21,24-25,30-31,37,39-45,50H2,1-2H3,(H,54,55)/b8-6-,13-11-,14-12-,19-17-,20-18-,23-22-,28-26-,29-27-,34-32-,35-33-,38-36-/t46?,47-/m1/s1. The van der Waals surface area contributed by atoms with Gasteiger partial charge in [0.1, 0.15) is 6.61 Å². The Labute approximate surface area is 362 Å². The second-order valence-corrected chi connectivity index (χ2v) is 15.1. The molecule has 0 aliphatic heterocycles. The van der Waals surface area contributed by atoms with Gasteiger partial charge in [-0.1, -0.05) is 160 Å². The van der Waals surface area contributed by atoms with Crippen molar-refractivity contribution < 1.29 is 42.7 Å². The van der Waals surface area contributed by atoms with Crippen molar-refractivity contribution in [2.24, 2.45) is 5.73 Å². The van der Waals surface area contributed by atoms with Crippen molar-refractivity contribution in [2.75, 3.05) is 26.4 Å². The summed E-state index contributed by atoms with van der Waals surface area (Å²) in [7, 11) is -4.46. The highest BCUT2D eigenvalue weighted by molar-refractivity contribution is 7.47. The number of unbranched alkanes of at least 4 members (excludes halogenated alkanes) is 3. The van der Waals surface area contributed by atoms with E-state index in [2.05, 4.69) is 111 Å². The summed E-state index contributed by atoms with van der Waals surface area (Å²) in [6, 6.07) is 0. The van der Waals surface area contributed by atoms with Crippen LogP contribution in [0.2, 0.25) is 0 Å². The molecule has 10 nitrogen and oxygen atoms in total.